The fourth-order valence-corrected chi connectivity index (χ4v) is 2.31. The van der Waals surface area contributed by atoms with E-state index in [0.717, 1.165) is 28.8 Å². The summed E-state index contributed by atoms with van der Waals surface area (Å²) in [4.78, 5) is 11.6. The number of hydrogen-bond donors (Lipinski definition) is 1. The van der Waals surface area contributed by atoms with Crippen LogP contribution in [0.25, 0.3) is 11.1 Å². The van der Waals surface area contributed by atoms with Crippen molar-refractivity contribution in [3.63, 3.8) is 0 Å². The van der Waals surface area contributed by atoms with Gasteiger partial charge in [-0.25, -0.2) is 0 Å². The van der Waals surface area contributed by atoms with Crippen molar-refractivity contribution in [3.05, 3.63) is 59.7 Å². The summed E-state index contributed by atoms with van der Waals surface area (Å²) in [6.07, 6.45) is -3.83. The number of rotatable bonds is 5. The molecule has 2 rings (SSSR count). The zero-order valence-electron chi connectivity index (χ0n) is 13.7. The molecule has 1 amide bonds. The smallest absolute Gasteiger partial charge is 0.352 e. The number of halogens is 3. The molecule has 0 spiro atoms. The van der Waals surface area contributed by atoms with Gasteiger partial charge in [0.1, 0.15) is 0 Å². The highest BCUT2D eigenvalue weighted by Crippen LogP contribution is 2.31. The van der Waals surface area contributed by atoms with E-state index in [2.05, 4.69) is 5.32 Å². The first kappa shape index (κ1) is 18.0. The standard InChI is InChI=1S/C19H20F3NO/c1-13(2)11-18(24)23-12-14-3-5-15(6-4-14)16-7-9-17(10-8-16)19(20,21)22/h3-10,13H,11-12H2,1-2H3,(H,23,24). The molecule has 0 radical (unpaired) electrons. The molecule has 0 heterocycles. The van der Waals surface area contributed by atoms with E-state index in [4.69, 9.17) is 0 Å². The highest BCUT2D eigenvalue weighted by molar-refractivity contribution is 5.76. The minimum Gasteiger partial charge on any atom is -0.352 e. The molecule has 0 bridgehead atoms. The number of amides is 1. The molecule has 2 nitrogen and oxygen atoms in total. The Morgan fingerprint density at radius 3 is 1.92 bits per heavy atom. The van der Waals surface area contributed by atoms with Crippen LogP contribution in [0.15, 0.2) is 48.5 Å². The van der Waals surface area contributed by atoms with Crippen molar-refractivity contribution in [1.82, 2.24) is 5.32 Å². The van der Waals surface area contributed by atoms with Crippen molar-refractivity contribution in [2.75, 3.05) is 0 Å². The lowest BCUT2D eigenvalue weighted by molar-refractivity contribution is -0.137. The number of alkyl halides is 3. The Bertz CT molecular complexity index is 673. The van der Waals surface area contributed by atoms with Crippen LogP contribution < -0.4 is 5.32 Å². The van der Waals surface area contributed by atoms with E-state index in [-0.39, 0.29) is 5.91 Å². The Morgan fingerprint density at radius 2 is 1.46 bits per heavy atom. The monoisotopic (exact) mass is 335 g/mol. The van der Waals surface area contributed by atoms with Crippen LogP contribution in [0.2, 0.25) is 0 Å². The van der Waals surface area contributed by atoms with Gasteiger partial charge in [-0.3, -0.25) is 4.79 Å². The van der Waals surface area contributed by atoms with E-state index in [9.17, 15) is 18.0 Å². The lowest BCUT2D eigenvalue weighted by Crippen LogP contribution is -2.23. The third kappa shape index (κ3) is 5.11. The number of carbonyl (C=O) groups is 1. The zero-order valence-corrected chi connectivity index (χ0v) is 13.7. The van der Waals surface area contributed by atoms with Gasteiger partial charge < -0.3 is 5.32 Å². The molecular formula is C19H20F3NO. The van der Waals surface area contributed by atoms with Crippen molar-refractivity contribution in [3.8, 4) is 11.1 Å². The van der Waals surface area contributed by atoms with Gasteiger partial charge in [-0.05, 0) is 34.7 Å². The van der Waals surface area contributed by atoms with Crippen LogP contribution in [0.5, 0.6) is 0 Å². The van der Waals surface area contributed by atoms with E-state index in [1.807, 2.05) is 38.1 Å². The predicted molar refractivity (Wildman–Crippen MR) is 88.2 cm³/mol. The molecule has 128 valence electrons. The van der Waals surface area contributed by atoms with Crippen LogP contribution >= 0.6 is 0 Å². The number of hydrogen-bond acceptors (Lipinski definition) is 1. The van der Waals surface area contributed by atoms with Crippen molar-refractivity contribution in [2.24, 2.45) is 5.92 Å². The molecule has 0 aliphatic heterocycles. The van der Waals surface area contributed by atoms with E-state index in [0.29, 0.717) is 18.9 Å². The second kappa shape index (κ2) is 7.51. The van der Waals surface area contributed by atoms with Gasteiger partial charge in [-0.2, -0.15) is 13.2 Å². The van der Waals surface area contributed by atoms with Crippen LogP contribution in [0.1, 0.15) is 31.4 Å². The summed E-state index contributed by atoms with van der Waals surface area (Å²) >= 11 is 0. The fourth-order valence-electron chi connectivity index (χ4n) is 2.31. The number of benzene rings is 2. The summed E-state index contributed by atoms with van der Waals surface area (Å²) in [5.74, 6) is 0.323. The van der Waals surface area contributed by atoms with E-state index >= 15 is 0 Å². The fraction of sp³-hybridized carbons (Fsp3) is 0.316. The van der Waals surface area contributed by atoms with Gasteiger partial charge in [0.05, 0.1) is 5.56 Å². The van der Waals surface area contributed by atoms with E-state index < -0.39 is 11.7 Å². The molecule has 0 aromatic heterocycles. The summed E-state index contributed by atoms with van der Waals surface area (Å²) in [5, 5.41) is 2.85. The summed E-state index contributed by atoms with van der Waals surface area (Å²) in [7, 11) is 0. The quantitative estimate of drug-likeness (QED) is 0.815. The van der Waals surface area contributed by atoms with E-state index in [1.165, 1.54) is 12.1 Å². The van der Waals surface area contributed by atoms with Crippen molar-refractivity contribution in [2.45, 2.75) is 33.0 Å². The summed E-state index contributed by atoms with van der Waals surface area (Å²) in [5.41, 5.74) is 1.85. The molecule has 1 N–H and O–H groups in total. The van der Waals surface area contributed by atoms with Crippen LogP contribution in [0, 0.1) is 5.92 Å². The zero-order chi connectivity index (χ0) is 17.7. The molecule has 2 aromatic carbocycles. The normalized spacial score (nSPS) is 11.6. The maximum absolute atomic E-state index is 12.6. The molecule has 0 saturated heterocycles. The second-order valence-electron chi connectivity index (χ2n) is 6.15. The van der Waals surface area contributed by atoms with Crippen molar-refractivity contribution in [1.29, 1.82) is 0 Å². The lowest BCUT2D eigenvalue weighted by atomic mass is 10.0. The Hall–Kier alpha value is -2.30. The first-order chi connectivity index (χ1) is 11.3. The molecule has 0 aliphatic carbocycles. The summed E-state index contributed by atoms with van der Waals surface area (Å²) in [6, 6.07) is 12.5. The minimum atomic E-state index is -4.32. The highest BCUT2D eigenvalue weighted by Gasteiger charge is 2.29. The van der Waals surface area contributed by atoms with Gasteiger partial charge in [0.2, 0.25) is 5.91 Å². The van der Waals surface area contributed by atoms with Gasteiger partial charge in [0.25, 0.3) is 0 Å². The number of carbonyl (C=O) groups excluding carboxylic acids is 1. The average molecular weight is 335 g/mol. The molecular weight excluding hydrogens is 315 g/mol. The average Bonchev–Trinajstić information content (AvgIpc) is 2.52. The SMILES string of the molecule is CC(C)CC(=O)NCc1ccc(-c2ccc(C(F)(F)F)cc2)cc1. The topological polar surface area (TPSA) is 29.1 Å². The Kier molecular flexibility index (Phi) is 5.65. The molecule has 0 unspecified atom stereocenters. The van der Waals surface area contributed by atoms with Crippen LogP contribution in [0.3, 0.4) is 0 Å². The minimum absolute atomic E-state index is 0.0109. The first-order valence-corrected chi connectivity index (χ1v) is 7.79. The first-order valence-electron chi connectivity index (χ1n) is 7.79. The maximum Gasteiger partial charge on any atom is 0.416 e. The largest absolute Gasteiger partial charge is 0.416 e. The molecule has 0 aliphatic rings. The van der Waals surface area contributed by atoms with Crippen LogP contribution in [-0.2, 0) is 17.5 Å². The Labute approximate surface area is 139 Å². The van der Waals surface area contributed by atoms with Crippen molar-refractivity contribution < 1.29 is 18.0 Å². The maximum atomic E-state index is 12.6. The number of nitrogens with one attached hydrogen (secondary N) is 1. The Balaban J connectivity index is 2.00. The molecule has 5 heteroatoms. The van der Waals surface area contributed by atoms with Crippen LogP contribution in [0.4, 0.5) is 13.2 Å². The molecule has 0 atom stereocenters. The van der Waals surface area contributed by atoms with Gasteiger partial charge in [-0.1, -0.05) is 50.2 Å². The lowest BCUT2D eigenvalue weighted by Gasteiger charge is -2.09. The van der Waals surface area contributed by atoms with Gasteiger partial charge in [-0.15, -0.1) is 0 Å². The third-order valence-electron chi connectivity index (χ3n) is 3.58. The molecule has 0 fully saturated rings. The van der Waals surface area contributed by atoms with Crippen molar-refractivity contribution >= 4 is 5.91 Å². The predicted octanol–water partition coefficient (Wildman–Crippen LogP) is 5.03. The highest BCUT2D eigenvalue weighted by atomic mass is 19.4. The summed E-state index contributed by atoms with van der Waals surface area (Å²) in [6.45, 7) is 4.41. The molecule has 2 aromatic rings. The Morgan fingerprint density at radius 1 is 0.958 bits per heavy atom. The van der Waals surface area contributed by atoms with Gasteiger partial charge >= 0.3 is 6.18 Å². The van der Waals surface area contributed by atoms with E-state index in [1.54, 1.807) is 0 Å². The summed E-state index contributed by atoms with van der Waals surface area (Å²) < 4.78 is 37.7. The van der Waals surface area contributed by atoms with Gasteiger partial charge in [0, 0.05) is 13.0 Å². The van der Waals surface area contributed by atoms with Crippen LogP contribution in [-0.4, -0.2) is 5.91 Å². The third-order valence-corrected chi connectivity index (χ3v) is 3.58. The second-order valence-corrected chi connectivity index (χ2v) is 6.15. The molecule has 24 heavy (non-hydrogen) atoms. The van der Waals surface area contributed by atoms with Gasteiger partial charge in [0.15, 0.2) is 0 Å². The molecule has 0 saturated carbocycles.